The summed E-state index contributed by atoms with van der Waals surface area (Å²) >= 11 is 3.41. The van der Waals surface area contributed by atoms with E-state index < -0.39 is 5.54 Å². The standard InChI is InChI=1S/C13H16BrN3O2/c1-13(2,15)12-16-11(19-17-12)8-18-7-9-4-3-5-10(14)6-9/h3-6H,7-8,15H2,1-2H3. The van der Waals surface area contributed by atoms with Gasteiger partial charge in [-0.1, -0.05) is 33.2 Å². The summed E-state index contributed by atoms with van der Waals surface area (Å²) in [5, 5.41) is 3.83. The fourth-order valence-corrected chi connectivity index (χ4v) is 1.90. The Labute approximate surface area is 120 Å². The van der Waals surface area contributed by atoms with Gasteiger partial charge in [-0.05, 0) is 31.5 Å². The van der Waals surface area contributed by atoms with Crippen molar-refractivity contribution in [1.82, 2.24) is 10.1 Å². The van der Waals surface area contributed by atoms with Crippen LogP contribution >= 0.6 is 15.9 Å². The molecule has 1 aromatic heterocycles. The van der Waals surface area contributed by atoms with Crippen molar-refractivity contribution in [1.29, 1.82) is 0 Å². The number of aromatic nitrogens is 2. The summed E-state index contributed by atoms with van der Waals surface area (Å²) in [7, 11) is 0. The molecule has 0 fully saturated rings. The lowest BCUT2D eigenvalue weighted by atomic mass is 10.1. The molecule has 0 aliphatic rings. The van der Waals surface area contributed by atoms with E-state index in [2.05, 4.69) is 26.1 Å². The monoisotopic (exact) mass is 325 g/mol. The fourth-order valence-electron chi connectivity index (χ4n) is 1.46. The van der Waals surface area contributed by atoms with Crippen LogP contribution < -0.4 is 5.73 Å². The second kappa shape index (κ2) is 5.81. The van der Waals surface area contributed by atoms with Gasteiger partial charge in [0, 0.05) is 4.47 Å². The summed E-state index contributed by atoms with van der Waals surface area (Å²) in [6.07, 6.45) is 0. The summed E-state index contributed by atoms with van der Waals surface area (Å²) < 4.78 is 11.6. The molecule has 2 aromatic rings. The summed E-state index contributed by atoms with van der Waals surface area (Å²) in [6.45, 7) is 4.41. The van der Waals surface area contributed by atoms with Gasteiger partial charge >= 0.3 is 0 Å². The lowest BCUT2D eigenvalue weighted by Gasteiger charge is -2.11. The van der Waals surface area contributed by atoms with Gasteiger partial charge < -0.3 is 15.0 Å². The number of ether oxygens (including phenoxy) is 1. The quantitative estimate of drug-likeness (QED) is 0.914. The van der Waals surface area contributed by atoms with Crippen LogP contribution in [0.4, 0.5) is 0 Å². The van der Waals surface area contributed by atoms with Crippen LogP contribution in [0.25, 0.3) is 0 Å². The molecule has 102 valence electrons. The SMILES string of the molecule is CC(C)(N)c1noc(COCc2cccc(Br)c2)n1. The van der Waals surface area contributed by atoms with Crippen molar-refractivity contribution in [2.45, 2.75) is 32.6 Å². The molecule has 0 aliphatic heterocycles. The van der Waals surface area contributed by atoms with E-state index in [-0.39, 0.29) is 6.61 Å². The Morgan fingerprint density at radius 1 is 1.37 bits per heavy atom. The first-order valence-electron chi connectivity index (χ1n) is 5.89. The molecular formula is C13H16BrN3O2. The minimum absolute atomic E-state index is 0.273. The third-order valence-corrected chi connectivity index (χ3v) is 2.92. The van der Waals surface area contributed by atoms with Gasteiger partial charge in [0.2, 0.25) is 0 Å². The van der Waals surface area contributed by atoms with Crippen LogP contribution in [-0.4, -0.2) is 10.1 Å². The van der Waals surface area contributed by atoms with Gasteiger partial charge in [0.1, 0.15) is 6.61 Å². The van der Waals surface area contributed by atoms with E-state index in [0.29, 0.717) is 18.3 Å². The van der Waals surface area contributed by atoms with Crippen LogP contribution in [-0.2, 0) is 23.5 Å². The molecule has 5 nitrogen and oxygen atoms in total. The van der Waals surface area contributed by atoms with Gasteiger partial charge in [0.15, 0.2) is 5.82 Å². The molecule has 0 atom stereocenters. The van der Waals surface area contributed by atoms with Gasteiger partial charge in [-0.2, -0.15) is 4.98 Å². The molecule has 0 radical (unpaired) electrons. The first-order chi connectivity index (χ1) is 8.95. The predicted octanol–water partition coefficient (Wildman–Crippen LogP) is 2.74. The molecule has 2 rings (SSSR count). The van der Waals surface area contributed by atoms with Crippen LogP contribution in [0.3, 0.4) is 0 Å². The van der Waals surface area contributed by atoms with E-state index in [0.717, 1.165) is 10.0 Å². The van der Waals surface area contributed by atoms with Crippen molar-refractivity contribution >= 4 is 15.9 Å². The molecule has 0 aliphatic carbocycles. The molecule has 0 spiro atoms. The topological polar surface area (TPSA) is 74.2 Å². The smallest absolute Gasteiger partial charge is 0.252 e. The first kappa shape index (κ1) is 14.2. The van der Waals surface area contributed by atoms with Gasteiger partial charge in [-0.3, -0.25) is 0 Å². The number of hydrogen-bond donors (Lipinski definition) is 1. The molecule has 0 bridgehead atoms. The summed E-state index contributed by atoms with van der Waals surface area (Å²) in [5.41, 5.74) is 6.35. The molecule has 0 unspecified atom stereocenters. The summed E-state index contributed by atoms with van der Waals surface area (Å²) in [5.74, 6) is 0.914. The highest BCUT2D eigenvalue weighted by Crippen LogP contribution is 2.15. The van der Waals surface area contributed by atoms with E-state index in [9.17, 15) is 0 Å². The Kier molecular flexibility index (Phi) is 4.34. The number of nitrogens with two attached hydrogens (primary N) is 1. The van der Waals surface area contributed by atoms with Gasteiger partial charge in [-0.25, -0.2) is 0 Å². The van der Waals surface area contributed by atoms with Crippen LogP contribution in [0.5, 0.6) is 0 Å². The average molecular weight is 326 g/mol. The molecular weight excluding hydrogens is 310 g/mol. The molecule has 6 heteroatoms. The molecule has 19 heavy (non-hydrogen) atoms. The van der Waals surface area contributed by atoms with Crippen molar-refractivity contribution in [3.8, 4) is 0 Å². The van der Waals surface area contributed by atoms with Crippen LogP contribution in [0, 0.1) is 0 Å². The van der Waals surface area contributed by atoms with Crippen molar-refractivity contribution in [3.63, 3.8) is 0 Å². The van der Waals surface area contributed by atoms with Crippen LogP contribution in [0.2, 0.25) is 0 Å². The largest absolute Gasteiger partial charge is 0.367 e. The van der Waals surface area contributed by atoms with Gasteiger partial charge in [-0.15, -0.1) is 0 Å². The van der Waals surface area contributed by atoms with Gasteiger partial charge in [0.25, 0.3) is 5.89 Å². The highest BCUT2D eigenvalue weighted by atomic mass is 79.9. The minimum atomic E-state index is -0.605. The highest BCUT2D eigenvalue weighted by molar-refractivity contribution is 9.10. The van der Waals surface area contributed by atoms with E-state index in [4.69, 9.17) is 15.0 Å². The Bertz CT molecular complexity index is 549. The van der Waals surface area contributed by atoms with E-state index in [1.54, 1.807) is 0 Å². The fraction of sp³-hybridized carbons (Fsp3) is 0.385. The number of halogens is 1. The average Bonchev–Trinajstić information content (AvgIpc) is 2.77. The van der Waals surface area contributed by atoms with E-state index in [1.165, 1.54) is 0 Å². The van der Waals surface area contributed by atoms with Crippen molar-refractivity contribution < 1.29 is 9.26 Å². The summed E-state index contributed by atoms with van der Waals surface area (Å²) in [6, 6.07) is 7.93. The number of benzene rings is 1. The Balaban J connectivity index is 1.88. The first-order valence-corrected chi connectivity index (χ1v) is 6.68. The third kappa shape index (κ3) is 4.12. The highest BCUT2D eigenvalue weighted by Gasteiger charge is 2.21. The third-order valence-electron chi connectivity index (χ3n) is 2.43. The Morgan fingerprint density at radius 2 is 2.16 bits per heavy atom. The lowest BCUT2D eigenvalue weighted by Crippen LogP contribution is -2.30. The number of rotatable bonds is 5. The molecule has 2 N–H and O–H groups in total. The molecule has 0 saturated carbocycles. The van der Waals surface area contributed by atoms with Crippen molar-refractivity contribution in [3.05, 3.63) is 46.0 Å². The zero-order chi connectivity index (χ0) is 13.9. The Hall–Kier alpha value is -1.24. The maximum absolute atomic E-state index is 5.88. The minimum Gasteiger partial charge on any atom is -0.367 e. The number of nitrogens with zero attached hydrogens (tertiary/aromatic N) is 2. The van der Waals surface area contributed by atoms with Crippen LogP contribution in [0.1, 0.15) is 31.1 Å². The van der Waals surface area contributed by atoms with Crippen LogP contribution in [0.15, 0.2) is 33.3 Å². The van der Waals surface area contributed by atoms with E-state index in [1.807, 2.05) is 38.1 Å². The normalized spacial score (nSPS) is 11.8. The second-order valence-electron chi connectivity index (χ2n) is 4.86. The maximum Gasteiger partial charge on any atom is 0.252 e. The number of hydrogen-bond acceptors (Lipinski definition) is 5. The van der Waals surface area contributed by atoms with Gasteiger partial charge in [0.05, 0.1) is 12.1 Å². The zero-order valence-electron chi connectivity index (χ0n) is 10.9. The lowest BCUT2D eigenvalue weighted by molar-refractivity contribution is 0.0850. The molecule has 1 heterocycles. The Morgan fingerprint density at radius 3 is 2.79 bits per heavy atom. The molecule has 1 aromatic carbocycles. The summed E-state index contributed by atoms with van der Waals surface area (Å²) in [4.78, 5) is 4.19. The predicted molar refractivity (Wildman–Crippen MR) is 74.1 cm³/mol. The molecule has 0 amide bonds. The zero-order valence-corrected chi connectivity index (χ0v) is 12.5. The molecule has 0 saturated heterocycles. The van der Waals surface area contributed by atoms with Crippen molar-refractivity contribution in [2.75, 3.05) is 0 Å². The maximum atomic E-state index is 5.88. The van der Waals surface area contributed by atoms with E-state index >= 15 is 0 Å². The second-order valence-corrected chi connectivity index (χ2v) is 5.77. The van der Waals surface area contributed by atoms with Crippen molar-refractivity contribution in [2.24, 2.45) is 5.73 Å².